The number of sulfonamides is 1. The van der Waals surface area contributed by atoms with Crippen LogP contribution < -0.4 is 14.2 Å². The first-order chi connectivity index (χ1) is 16.1. The number of benzene rings is 3. The van der Waals surface area contributed by atoms with Gasteiger partial charge in [0.25, 0.3) is 15.9 Å². The minimum atomic E-state index is -3.81. The van der Waals surface area contributed by atoms with E-state index in [1.54, 1.807) is 62.6 Å². The van der Waals surface area contributed by atoms with Gasteiger partial charge in [-0.1, -0.05) is 22.0 Å². The summed E-state index contributed by atoms with van der Waals surface area (Å²) in [5, 5.41) is 0. The second-order valence-corrected chi connectivity index (χ2v) is 10.8. The molecule has 0 saturated carbocycles. The number of hydrogen-bond acceptors (Lipinski definition) is 5. The van der Waals surface area contributed by atoms with Crippen LogP contribution in [0, 0.1) is 0 Å². The van der Waals surface area contributed by atoms with Gasteiger partial charge in [-0.25, -0.2) is 8.42 Å². The van der Waals surface area contributed by atoms with Gasteiger partial charge >= 0.3 is 0 Å². The minimum Gasteiger partial charge on any atom is -0.493 e. The zero-order valence-corrected chi connectivity index (χ0v) is 22.8. The summed E-state index contributed by atoms with van der Waals surface area (Å²) in [5.74, 6) is 1.13. The number of rotatable bonds is 9. The van der Waals surface area contributed by atoms with E-state index >= 15 is 0 Å². The first kappa shape index (κ1) is 26.1. The van der Waals surface area contributed by atoms with Crippen molar-refractivity contribution in [2.24, 2.45) is 0 Å². The summed E-state index contributed by atoms with van der Waals surface area (Å²) in [6.07, 6.45) is 0.641. The van der Waals surface area contributed by atoms with Crippen molar-refractivity contribution >= 4 is 53.5 Å². The molecule has 10 heteroatoms. The van der Waals surface area contributed by atoms with Gasteiger partial charge in [0.15, 0.2) is 11.5 Å². The number of anilines is 1. The molecule has 7 nitrogen and oxygen atoms in total. The van der Waals surface area contributed by atoms with Crippen molar-refractivity contribution in [1.82, 2.24) is 4.90 Å². The molecule has 0 radical (unpaired) electrons. The van der Waals surface area contributed by atoms with Crippen LogP contribution in [0.15, 0.2) is 74.5 Å². The molecule has 0 saturated heterocycles. The number of halogens is 2. The molecule has 0 unspecified atom stereocenters. The van der Waals surface area contributed by atoms with Crippen molar-refractivity contribution in [2.75, 3.05) is 32.5 Å². The molecule has 0 aromatic heterocycles. The molecule has 0 spiro atoms. The van der Waals surface area contributed by atoms with Crippen LogP contribution >= 0.6 is 31.9 Å². The fourth-order valence-electron chi connectivity index (χ4n) is 3.23. The molecule has 0 aliphatic carbocycles. The van der Waals surface area contributed by atoms with Crippen LogP contribution in [0.5, 0.6) is 11.5 Å². The Kier molecular flexibility index (Phi) is 8.62. The first-order valence-electron chi connectivity index (χ1n) is 10.2. The molecule has 0 fully saturated rings. The number of hydrogen-bond donors (Lipinski definition) is 1. The average Bonchev–Trinajstić information content (AvgIpc) is 2.83. The van der Waals surface area contributed by atoms with E-state index in [9.17, 15) is 13.2 Å². The van der Waals surface area contributed by atoms with E-state index in [1.165, 1.54) is 6.07 Å². The van der Waals surface area contributed by atoms with Gasteiger partial charge in [-0.2, -0.15) is 0 Å². The summed E-state index contributed by atoms with van der Waals surface area (Å²) < 4.78 is 39.7. The molecule has 1 amide bonds. The maximum atomic E-state index is 12.8. The summed E-state index contributed by atoms with van der Waals surface area (Å²) in [6, 6.07) is 16.9. The van der Waals surface area contributed by atoms with Crippen LogP contribution in [0.1, 0.15) is 15.9 Å². The first-order valence-corrected chi connectivity index (χ1v) is 13.3. The highest BCUT2D eigenvalue weighted by Gasteiger charge is 2.19. The van der Waals surface area contributed by atoms with Gasteiger partial charge in [0.1, 0.15) is 4.90 Å². The normalized spacial score (nSPS) is 11.1. The topological polar surface area (TPSA) is 84.9 Å². The maximum absolute atomic E-state index is 12.8. The summed E-state index contributed by atoms with van der Waals surface area (Å²) in [4.78, 5) is 14.5. The smallest absolute Gasteiger partial charge is 0.263 e. The van der Waals surface area contributed by atoms with E-state index in [0.29, 0.717) is 44.7 Å². The predicted molar refractivity (Wildman–Crippen MR) is 139 cm³/mol. The SMILES string of the molecule is COc1ccc(CCN(C)C(=O)c2ccc(NS(=O)(=O)c3cc(Br)ccc3Br)cc2)cc1OC. The number of carbonyl (C=O) groups is 1. The molecule has 3 aromatic carbocycles. The third-order valence-electron chi connectivity index (χ3n) is 5.10. The van der Waals surface area contributed by atoms with Crippen molar-refractivity contribution in [3.05, 3.63) is 80.7 Å². The van der Waals surface area contributed by atoms with Crippen LogP contribution in [-0.4, -0.2) is 47.0 Å². The van der Waals surface area contributed by atoms with E-state index in [0.717, 1.165) is 5.56 Å². The number of nitrogens with one attached hydrogen (secondary N) is 1. The van der Waals surface area contributed by atoms with Gasteiger partial charge in [0.2, 0.25) is 0 Å². The lowest BCUT2D eigenvalue weighted by atomic mass is 10.1. The molecular weight excluding hydrogens is 588 g/mol. The van der Waals surface area contributed by atoms with E-state index in [2.05, 4.69) is 36.6 Å². The lowest BCUT2D eigenvalue weighted by Crippen LogP contribution is -2.28. The Morgan fingerprint density at radius 1 is 0.941 bits per heavy atom. The number of methoxy groups -OCH3 is 2. The quantitative estimate of drug-likeness (QED) is 0.353. The van der Waals surface area contributed by atoms with Gasteiger partial charge in [-0.05, 0) is 82.5 Å². The lowest BCUT2D eigenvalue weighted by Gasteiger charge is -2.18. The van der Waals surface area contributed by atoms with E-state index < -0.39 is 10.0 Å². The highest BCUT2D eigenvalue weighted by atomic mass is 79.9. The molecule has 3 aromatic rings. The molecule has 180 valence electrons. The third-order valence-corrected chi connectivity index (χ3v) is 7.97. The Balaban J connectivity index is 1.65. The van der Waals surface area contributed by atoms with Crippen molar-refractivity contribution in [3.63, 3.8) is 0 Å². The molecule has 0 aliphatic heterocycles. The molecule has 0 atom stereocenters. The predicted octanol–water partition coefficient (Wildman–Crippen LogP) is 5.34. The zero-order valence-electron chi connectivity index (χ0n) is 18.8. The van der Waals surface area contributed by atoms with E-state index in [4.69, 9.17) is 9.47 Å². The molecule has 0 heterocycles. The largest absolute Gasteiger partial charge is 0.493 e. The molecular formula is C24H24Br2N2O5S. The fraction of sp³-hybridized carbons (Fsp3) is 0.208. The van der Waals surface area contributed by atoms with E-state index in [1.807, 2.05) is 18.2 Å². The second kappa shape index (κ2) is 11.2. The Hall–Kier alpha value is -2.56. The number of ether oxygens (including phenoxy) is 2. The van der Waals surface area contributed by atoms with Crippen molar-refractivity contribution in [3.8, 4) is 11.5 Å². The van der Waals surface area contributed by atoms with Crippen LogP contribution in [-0.2, 0) is 16.4 Å². The minimum absolute atomic E-state index is 0.108. The van der Waals surface area contributed by atoms with Crippen LogP contribution in [0.3, 0.4) is 0 Å². The third kappa shape index (κ3) is 6.31. The summed E-state index contributed by atoms with van der Waals surface area (Å²) in [7, 11) is 1.08. The number of nitrogens with zero attached hydrogens (tertiary/aromatic N) is 1. The number of likely N-dealkylation sites (N-methyl/N-ethyl adjacent to an activating group) is 1. The molecule has 0 aliphatic rings. The molecule has 34 heavy (non-hydrogen) atoms. The standard InChI is InChI=1S/C24H24Br2N2O5S/c1-28(13-12-16-4-11-21(32-2)22(14-16)33-3)24(29)17-5-8-19(9-6-17)27-34(30,31)23-15-18(25)7-10-20(23)26/h4-11,14-15,27H,12-13H2,1-3H3. The average molecular weight is 612 g/mol. The van der Waals surface area contributed by atoms with Crippen molar-refractivity contribution < 1.29 is 22.7 Å². The monoisotopic (exact) mass is 610 g/mol. The van der Waals surface area contributed by atoms with Gasteiger partial charge < -0.3 is 14.4 Å². The molecule has 3 rings (SSSR count). The fourth-order valence-corrected chi connectivity index (χ4v) is 5.79. The zero-order chi connectivity index (χ0) is 24.9. The Labute approximate surface area is 216 Å². The lowest BCUT2D eigenvalue weighted by molar-refractivity contribution is 0.0796. The summed E-state index contributed by atoms with van der Waals surface area (Å²) >= 11 is 6.56. The van der Waals surface area contributed by atoms with Crippen molar-refractivity contribution in [1.29, 1.82) is 0 Å². The number of amides is 1. The summed E-state index contributed by atoms with van der Waals surface area (Å²) in [6.45, 7) is 0.500. The Morgan fingerprint density at radius 3 is 2.26 bits per heavy atom. The molecule has 0 bridgehead atoms. The Bertz CT molecular complexity index is 1280. The second-order valence-electron chi connectivity index (χ2n) is 7.42. The number of carbonyl (C=O) groups excluding carboxylic acids is 1. The maximum Gasteiger partial charge on any atom is 0.263 e. The van der Waals surface area contributed by atoms with Crippen molar-refractivity contribution in [2.45, 2.75) is 11.3 Å². The van der Waals surface area contributed by atoms with Gasteiger partial charge in [-0.3, -0.25) is 9.52 Å². The van der Waals surface area contributed by atoms with Crippen LogP contribution in [0.25, 0.3) is 0 Å². The summed E-state index contributed by atoms with van der Waals surface area (Å²) in [5.41, 5.74) is 1.83. The Morgan fingerprint density at radius 2 is 1.62 bits per heavy atom. The van der Waals surface area contributed by atoms with Gasteiger partial charge in [-0.15, -0.1) is 0 Å². The molecule has 1 N–H and O–H groups in total. The van der Waals surface area contributed by atoms with Crippen LogP contribution in [0.2, 0.25) is 0 Å². The van der Waals surface area contributed by atoms with E-state index in [-0.39, 0.29) is 10.8 Å². The van der Waals surface area contributed by atoms with Crippen LogP contribution in [0.4, 0.5) is 5.69 Å². The highest BCUT2D eigenvalue weighted by molar-refractivity contribution is 9.11. The van der Waals surface area contributed by atoms with Gasteiger partial charge in [0.05, 0.1) is 14.2 Å². The van der Waals surface area contributed by atoms with Gasteiger partial charge in [0, 0.05) is 33.8 Å². The highest BCUT2D eigenvalue weighted by Crippen LogP contribution is 2.29.